The smallest absolute Gasteiger partial charge is 0.306 e. The van der Waals surface area contributed by atoms with Gasteiger partial charge in [-0.1, -0.05) is 28.1 Å². The molecule has 1 amide bonds. The highest BCUT2D eigenvalue weighted by atomic mass is 79.9. The van der Waals surface area contributed by atoms with Gasteiger partial charge in [0.25, 0.3) is 0 Å². The molecule has 1 aromatic rings. The molecular weight excluding hydrogens is 326 g/mol. The van der Waals surface area contributed by atoms with Gasteiger partial charge >= 0.3 is 5.97 Å². The molecule has 108 valence electrons. The monoisotopic (exact) mass is 341 g/mol. The molecule has 1 fully saturated rings. The highest BCUT2D eigenvalue weighted by molar-refractivity contribution is 9.10. The first kappa shape index (κ1) is 15.0. The summed E-state index contributed by atoms with van der Waals surface area (Å²) in [4.78, 5) is 24.6. The van der Waals surface area contributed by atoms with Crippen molar-refractivity contribution < 1.29 is 19.4 Å². The van der Waals surface area contributed by atoms with Crippen LogP contribution in [-0.4, -0.2) is 47.7 Å². The second-order valence-corrected chi connectivity index (χ2v) is 5.65. The number of morpholine rings is 1. The minimum absolute atomic E-state index is 0.00557. The van der Waals surface area contributed by atoms with Gasteiger partial charge in [-0.2, -0.15) is 0 Å². The molecule has 1 saturated heterocycles. The van der Waals surface area contributed by atoms with E-state index in [-0.39, 0.29) is 12.3 Å². The SMILES string of the molecule is O=C(O)CC1CN(C(=O)Cc2ccc(Br)cc2)CCO1. The summed E-state index contributed by atoms with van der Waals surface area (Å²) in [6.45, 7) is 1.26. The number of carbonyl (C=O) groups excluding carboxylic acids is 1. The number of carboxylic acids is 1. The van der Waals surface area contributed by atoms with Gasteiger partial charge in [-0.05, 0) is 17.7 Å². The van der Waals surface area contributed by atoms with Crippen LogP contribution in [-0.2, 0) is 20.7 Å². The van der Waals surface area contributed by atoms with E-state index in [2.05, 4.69) is 15.9 Å². The fourth-order valence-corrected chi connectivity index (χ4v) is 2.42. The number of carboxylic acid groups (broad SMARTS) is 1. The molecule has 1 aliphatic heterocycles. The van der Waals surface area contributed by atoms with Crippen molar-refractivity contribution in [3.63, 3.8) is 0 Å². The quantitative estimate of drug-likeness (QED) is 0.904. The number of aliphatic carboxylic acids is 1. The zero-order valence-electron chi connectivity index (χ0n) is 10.9. The van der Waals surface area contributed by atoms with Gasteiger partial charge in [0.2, 0.25) is 5.91 Å². The first-order valence-electron chi connectivity index (χ1n) is 6.40. The molecular formula is C14H16BrNO4. The molecule has 1 unspecified atom stereocenters. The maximum absolute atomic E-state index is 12.2. The van der Waals surface area contributed by atoms with E-state index in [1.807, 2.05) is 24.3 Å². The van der Waals surface area contributed by atoms with E-state index in [1.165, 1.54) is 0 Å². The third-order valence-corrected chi connectivity index (χ3v) is 3.69. The first-order chi connectivity index (χ1) is 9.54. The minimum atomic E-state index is -0.905. The number of halogens is 1. The summed E-state index contributed by atoms with van der Waals surface area (Å²) < 4.78 is 6.33. The topological polar surface area (TPSA) is 66.8 Å². The number of carbonyl (C=O) groups is 2. The molecule has 1 heterocycles. The van der Waals surface area contributed by atoms with Crippen LogP contribution < -0.4 is 0 Å². The number of nitrogens with zero attached hydrogens (tertiary/aromatic N) is 1. The van der Waals surface area contributed by atoms with Crippen molar-refractivity contribution in [2.45, 2.75) is 18.9 Å². The maximum atomic E-state index is 12.2. The van der Waals surface area contributed by atoms with Crippen LogP contribution in [0.4, 0.5) is 0 Å². The molecule has 5 nitrogen and oxygen atoms in total. The number of rotatable bonds is 4. The Kier molecular flexibility index (Phi) is 5.14. The minimum Gasteiger partial charge on any atom is -0.481 e. The third-order valence-electron chi connectivity index (χ3n) is 3.16. The molecule has 1 aromatic carbocycles. The van der Waals surface area contributed by atoms with Crippen LogP contribution in [0.2, 0.25) is 0 Å². The lowest BCUT2D eigenvalue weighted by atomic mass is 10.1. The molecule has 0 aliphatic carbocycles. The molecule has 0 aromatic heterocycles. The Hall–Kier alpha value is -1.40. The van der Waals surface area contributed by atoms with Crippen molar-refractivity contribution >= 4 is 27.8 Å². The standard InChI is InChI=1S/C14H16BrNO4/c15-11-3-1-10(2-4-11)7-13(17)16-5-6-20-12(9-16)8-14(18)19/h1-4,12H,5-9H2,(H,18,19). The third kappa shape index (κ3) is 4.31. The maximum Gasteiger partial charge on any atom is 0.306 e. The molecule has 0 bridgehead atoms. The lowest BCUT2D eigenvalue weighted by Crippen LogP contribution is -2.46. The molecule has 1 atom stereocenters. The van der Waals surface area contributed by atoms with Gasteiger partial charge in [0.1, 0.15) is 0 Å². The van der Waals surface area contributed by atoms with Gasteiger partial charge in [-0.25, -0.2) is 0 Å². The Bertz CT molecular complexity index is 488. The summed E-state index contributed by atoms with van der Waals surface area (Å²) >= 11 is 3.35. The second kappa shape index (κ2) is 6.85. The van der Waals surface area contributed by atoms with Gasteiger partial charge < -0.3 is 14.7 Å². The Morgan fingerprint density at radius 1 is 1.35 bits per heavy atom. The van der Waals surface area contributed by atoms with Crippen LogP contribution >= 0.6 is 15.9 Å². The predicted octanol–water partition coefficient (Wildman–Crippen LogP) is 1.69. The molecule has 0 saturated carbocycles. The molecule has 2 rings (SSSR count). The van der Waals surface area contributed by atoms with Gasteiger partial charge in [-0.15, -0.1) is 0 Å². The zero-order chi connectivity index (χ0) is 14.5. The average Bonchev–Trinajstić information content (AvgIpc) is 2.41. The van der Waals surface area contributed by atoms with Gasteiger partial charge in [0.15, 0.2) is 0 Å². The molecule has 0 radical (unpaired) electrons. The molecule has 1 N–H and O–H groups in total. The second-order valence-electron chi connectivity index (χ2n) is 4.73. The molecule has 1 aliphatic rings. The number of hydrogen-bond donors (Lipinski definition) is 1. The van der Waals surface area contributed by atoms with Crippen molar-refractivity contribution in [1.29, 1.82) is 0 Å². The van der Waals surface area contributed by atoms with E-state index >= 15 is 0 Å². The summed E-state index contributed by atoms with van der Waals surface area (Å²) in [7, 11) is 0. The number of amides is 1. The van der Waals surface area contributed by atoms with Crippen LogP contribution in [0, 0.1) is 0 Å². The van der Waals surface area contributed by atoms with Crippen molar-refractivity contribution in [3.05, 3.63) is 34.3 Å². The van der Waals surface area contributed by atoms with Gasteiger partial charge in [-0.3, -0.25) is 9.59 Å². The number of hydrogen-bond acceptors (Lipinski definition) is 3. The van der Waals surface area contributed by atoms with Crippen LogP contribution in [0.15, 0.2) is 28.7 Å². The molecule has 20 heavy (non-hydrogen) atoms. The summed E-state index contributed by atoms with van der Waals surface area (Å²) in [6.07, 6.45) is -0.148. The Morgan fingerprint density at radius 3 is 2.70 bits per heavy atom. The Morgan fingerprint density at radius 2 is 2.05 bits per heavy atom. The van der Waals surface area contributed by atoms with Crippen molar-refractivity contribution in [1.82, 2.24) is 4.90 Å². The van der Waals surface area contributed by atoms with Gasteiger partial charge in [0, 0.05) is 17.6 Å². The van der Waals surface area contributed by atoms with Crippen molar-refractivity contribution in [3.8, 4) is 0 Å². The number of benzene rings is 1. The summed E-state index contributed by atoms with van der Waals surface area (Å²) in [5, 5.41) is 8.76. The van der Waals surface area contributed by atoms with Crippen LogP contribution in [0.25, 0.3) is 0 Å². The van der Waals surface area contributed by atoms with E-state index in [1.54, 1.807) is 4.90 Å². The fourth-order valence-electron chi connectivity index (χ4n) is 2.15. The summed E-state index contributed by atoms with van der Waals surface area (Å²) in [5.74, 6) is -0.900. The van der Waals surface area contributed by atoms with Crippen LogP contribution in [0.5, 0.6) is 0 Å². The lowest BCUT2D eigenvalue weighted by Gasteiger charge is -2.32. The summed E-state index contributed by atoms with van der Waals surface area (Å²) in [6, 6.07) is 7.60. The van der Waals surface area contributed by atoms with E-state index in [0.29, 0.717) is 26.1 Å². The van der Waals surface area contributed by atoms with Crippen LogP contribution in [0.1, 0.15) is 12.0 Å². The van der Waals surface area contributed by atoms with E-state index in [0.717, 1.165) is 10.0 Å². The largest absolute Gasteiger partial charge is 0.481 e. The lowest BCUT2D eigenvalue weighted by molar-refractivity contribution is -0.147. The van der Waals surface area contributed by atoms with E-state index in [9.17, 15) is 9.59 Å². The van der Waals surface area contributed by atoms with Gasteiger partial charge in [0.05, 0.1) is 25.6 Å². The molecule has 6 heteroatoms. The fraction of sp³-hybridized carbons (Fsp3) is 0.429. The van der Waals surface area contributed by atoms with E-state index < -0.39 is 12.1 Å². The highest BCUT2D eigenvalue weighted by Crippen LogP contribution is 2.14. The number of ether oxygens (including phenoxy) is 1. The zero-order valence-corrected chi connectivity index (χ0v) is 12.5. The van der Waals surface area contributed by atoms with Crippen molar-refractivity contribution in [2.24, 2.45) is 0 Å². The normalized spacial score (nSPS) is 18.9. The highest BCUT2D eigenvalue weighted by Gasteiger charge is 2.25. The van der Waals surface area contributed by atoms with E-state index in [4.69, 9.17) is 9.84 Å². The predicted molar refractivity (Wildman–Crippen MR) is 76.4 cm³/mol. The first-order valence-corrected chi connectivity index (χ1v) is 7.19. The molecule has 0 spiro atoms. The average molecular weight is 342 g/mol. The van der Waals surface area contributed by atoms with Crippen LogP contribution in [0.3, 0.4) is 0 Å². The summed E-state index contributed by atoms with van der Waals surface area (Å²) in [5.41, 5.74) is 0.944. The van der Waals surface area contributed by atoms with Crippen molar-refractivity contribution in [2.75, 3.05) is 19.7 Å². The Labute approximate surface area is 125 Å². The Balaban J connectivity index is 1.91.